The van der Waals surface area contributed by atoms with Gasteiger partial charge in [0.2, 0.25) is 5.91 Å². The first-order chi connectivity index (χ1) is 11.3. The van der Waals surface area contributed by atoms with Crippen LogP contribution in [0.15, 0.2) is 28.7 Å². The number of benzene rings is 1. The smallest absolute Gasteiger partial charge is 0.223 e. The van der Waals surface area contributed by atoms with Gasteiger partial charge in [0.1, 0.15) is 5.52 Å². The highest BCUT2D eigenvalue weighted by Gasteiger charge is 2.37. The number of hydrogen-bond donors (Lipinski definition) is 0. The van der Waals surface area contributed by atoms with Crippen molar-refractivity contribution in [3.8, 4) is 0 Å². The zero-order valence-corrected chi connectivity index (χ0v) is 13.2. The molecule has 1 saturated carbocycles. The van der Waals surface area contributed by atoms with Crippen LogP contribution in [0.25, 0.3) is 11.1 Å². The van der Waals surface area contributed by atoms with Crippen LogP contribution in [0.2, 0.25) is 0 Å². The molecule has 0 bridgehead atoms. The van der Waals surface area contributed by atoms with Crippen LogP contribution in [0.4, 0.5) is 0 Å². The van der Waals surface area contributed by atoms with Crippen molar-refractivity contribution in [1.82, 2.24) is 9.88 Å². The molecule has 4 rings (SSSR count). The van der Waals surface area contributed by atoms with E-state index in [2.05, 4.69) is 4.98 Å². The molecule has 2 fully saturated rings. The standard InChI is InChI=1S/C18H22N2O3/c21-18(20-11-12-22-16-8-3-6-14(16)20)10-4-9-17-19-13-5-1-2-7-15(13)23-17/h1-2,5,7,14,16H,3-4,6,8-12H2/t14-,16-/m0/s1. The Balaban J connectivity index is 1.32. The van der Waals surface area contributed by atoms with Crippen LogP contribution >= 0.6 is 0 Å². The fourth-order valence-corrected chi connectivity index (χ4v) is 3.80. The maximum Gasteiger partial charge on any atom is 0.223 e. The Bertz CT molecular complexity index is 663. The number of aryl methyl sites for hydroxylation is 1. The van der Waals surface area contributed by atoms with E-state index in [9.17, 15) is 4.79 Å². The van der Waals surface area contributed by atoms with Crippen LogP contribution < -0.4 is 0 Å². The van der Waals surface area contributed by atoms with Crippen LogP contribution in [0.3, 0.4) is 0 Å². The molecule has 2 heterocycles. The molecule has 1 amide bonds. The number of ether oxygens (including phenoxy) is 1. The minimum absolute atomic E-state index is 0.251. The molecule has 0 unspecified atom stereocenters. The zero-order valence-electron chi connectivity index (χ0n) is 13.2. The molecule has 23 heavy (non-hydrogen) atoms. The van der Waals surface area contributed by atoms with E-state index in [4.69, 9.17) is 9.15 Å². The quantitative estimate of drug-likeness (QED) is 0.870. The number of hydrogen-bond acceptors (Lipinski definition) is 4. The van der Waals surface area contributed by atoms with E-state index in [0.29, 0.717) is 25.5 Å². The van der Waals surface area contributed by atoms with Crippen molar-refractivity contribution in [3.63, 3.8) is 0 Å². The number of aromatic nitrogens is 1. The lowest BCUT2D eigenvalue weighted by atomic mass is 10.1. The minimum atomic E-state index is 0.251. The number of oxazole rings is 1. The largest absolute Gasteiger partial charge is 0.441 e. The van der Waals surface area contributed by atoms with E-state index in [-0.39, 0.29) is 12.0 Å². The van der Waals surface area contributed by atoms with E-state index < -0.39 is 0 Å². The third kappa shape index (κ3) is 2.98. The third-order valence-electron chi connectivity index (χ3n) is 4.92. The first-order valence-corrected chi connectivity index (χ1v) is 8.57. The van der Waals surface area contributed by atoms with Gasteiger partial charge >= 0.3 is 0 Å². The van der Waals surface area contributed by atoms with Crippen LogP contribution in [-0.4, -0.2) is 41.1 Å². The van der Waals surface area contributed by atoms with Crippen molar-refractivity contribution < 1.29 is 13.9 Å². The summed E-state index contributed by atoms with van der Waals surface area (Å²) in [5.41, 5.74) is 1.70. The van der Waals surface area contributed by atoms with E-state index in [1.54, 1.807) is 0 Å². The first kappa shape index (κ1) is 14.7. The van der Waals surface area contributed by atoms with Crippen LogP contribution in [-0.2, 0) is 16.0 Å². The normalized spacial score (nSPS) is 24.1. The lowest BCUT2D eigenvalue weighted by molar-refractivity contribution is -0.144. The van der Waals surface area contributed by atoms with Gasteiger partial charge < -0.3 is 14.1 Å². The molecular formula is C18H22N2O3. The number of nitrogens with zero attached hydrogens (tertiary/aromatic N) is 2. The van der Waals surface area contributed by atoms with Crippen molar-refractivity contribution in [2.24, 2.45) is 0 Å². The Morgan fingerprint density at radius 2 is 2.22 bits per heavy atom. The van der Waals surface area contributed by atoms with Crippen molar-refractivity contribution in [3.05, 3.63) is 30.2 Å². The number of rotatable bonds is 4. The van der Waals surface area contributed by atoms with Crippen LogP contribution in [0, 0.1) is 0 Å². The number of morpholine rings is 1. The molecule has 1 aromatic heterocycles. The predicted molar refractivity (Wildman–Crippen MR) is 86.0 cm³/mol. The monoisotopic (exact) mass is 314 g/mol. The highest BCUT2D eigenvalue weighted by molar-refractivity contribution is 5.77. The number of carbonyl (C=O) groups excluding carboxylic acids is 1. The van der Waals surface area contributed by atoms with Gasteiger partial charge in [0.25, 0.3) is 0 Å². The molecule has 1 saturated heterocycles. The molecule has 1 aromatic carbocycles. The molecule has 0 N–H and O–H groups in total. The number of fused-ring (bicyclic) bond motifs is 2. The second-order valence-electron chi connectivity index (χ2n) is 6.42. The summed E-state index contributed by atoms with van der Waals surface area (Å²) >= 11 is 0. The van der Waals surface area contributed by atoms with Crippen molar-refractivity contribution in [2.45, 2.75) is 50.7 Å². The summed E-state index contributed by atoms with van der Waals surface area (Å²) in [7, 11) is 0. The van der Waals surface area contributed by atoms with E-state index in [1.165, 1.54) is 6.42 Å². The molecule has 0 spiro atoms. The van der Waals surface area contributed by atoms with Gasteiger partial charge in [-0.05, 0) is 37.8 Å². The zero-order chi connectivity index (χ0) is 15.6. The average Bonchev–Trinajstić information content (AvgIpc) is 3.20. The summed E-state index contributed by atoms with van der Waals surface area (Å²) in [6.07, 6.45) is 5.66. The van der Waals surface area contributed by atoms with Gasteiger partial charge in [0.05, 0.1) is 18.8 Å². The molecule has 122 valence electrons. The molecule has 5 heteroatoms. The first-order valence-electron chi connectivity index (χ1n) is 8.57. The maximum atomic E-state index is 12.5. The second-order valence-corrected chi connectivity index (χ2v) is 6.42. The van der Waals surface area contributed by atoms with Crippen molar-refractivity contribution in [1.29, 1.82) is 0 Å². The lowest BCUT2D eigenvalue weighted by Crippen LogP contribution is -2.51. The van der Waals surface area contributed by atoms with Gasteiger partial charge in [0, 0.05) is 19.4 Å². The summed E-state index contributed by atoms with van der Waals surface area (Å²) < 4.78 is 11.5. The number of amides is 1. The number of para-hydroxylation sites is 2. The average molecular weight is 314 g/mol. The molecule has 2 aromatic rings. The molecule has 5 nitrogen and oxygen atoms in total. The maximum absolute atomic E-state index is 12.5. The Labute approximate surface area is 135 Å². The topological polar surface area (TPSA) is 55.6 Å². The van der Waals surface area contributed by atoms with Gasteiger partial charge in [-0.25, -0.2) is 4.98 Å². The summed E-state index contributed by atoms with van der Waals surface area (Å²) in [5, 5.41) is 0. The summed E-state index contributed by atoms with van der Waals surface area (Å²) in [6.45, 7) is 1.42. The molecule has 0 radical (unpaired) electrons. The Morgan fingerprint density at radius 1 is 1.30 bits per heavy atom. The van der Waals surface area contributed by atoms with Gasteiger partial charge in [-0.3, -0.25) is 4.79 Å². The summed E-state index contributed by atoms with van der Waals surface area (Å²) in [5.74, 6) is 0.973. The number of carbonyl (C=O) groups is 1. The Morgan fingerprint density at radius 3 is 3.13 bits per heavy atom. The van der Waals surface area contributed by atoms with E-state index in [1.807, 2.05) is 29.2 Å². The highest BCUT2D eigenvalue weighted by atomic mass is 16.5. The molecule has 1 aliphatic heterocycles. The fraction of sp³-hybridized carbons (Fsp3) is 0.556. The Kier molecular flexibility index (Phi) is 4.04. The van der Waals surface area contributed by atoms with Gasteiger partial charge in [-0.15, -0.1) is 0 Å². The van der Waals surface area contributed by atoms with Crippen molar-refractivity contribution in [2.75, 3.05) is 13.2 Å². The van der Waals surface area contributed by atoms with Gasteiger partial charge in [-0.1, -0.05) is 12.1 Å². The molecular weight excluding hydrogens is 292 g/mol. The van der Waals surface area contributed by atoms with Crippen LogP contribution in [0.1, 0.15) is 38.0 Å². The molecule has 2 atom stereocenters. The van der Waals surface area contributed by atoms with E-state index >= 15 is 0 Å². The SMILES string of the molecule is O=C(CCCc1nc2ccccc2o1)N1CCO[C@H]2CCC[C@@H]21. The molecule has 1 aliphatic carbocycles. The Hall–Kier alpha value is -1.88. The lowest BCUT2D eigenvalue weighted by Gasteiger charge is -2.37. The molecule has 2 aliphatic rings. The minimum Gasteiger partial charge on any atom is -0.441 e. The summed E-state index contributed by atoms with van der Waals surface area (Å²) in [6, 6.07) is 8.07. The van der Waals surface area contributed by atoms with Gasteiger partial charge in [-0.2, -0.15) is 0 Å². The van der Waals surface area contributed by atoms with Gasteiger partial charge in [0.15, 0.2) is 11.5 Å². The summed E-state index contributed by atoms with van der Waals surface area (Å²) in [4.78, 5) is 19.0. The third-order valence-corrected chi connectivity index (χ3v) is 4.92. The van der Waals surface area contributed by atoms with Crippen molar-refractivity contribution >= 4 is 17.0 Å². The second kappa shape index (κ2) is 6.32. The highest BCUT2D eigenvalue weighted by Crippen LogP contribution is 2.30. The van der Waals surface area contributed by atoms with E-state index in [0.717, 1.165) is 42.8 Å². The fourth-order valence-electron chi connectivity index (χ4n) is 3.80. The van der Waals surface area contributed by atoms with Crippen LogP contribution in [0.5, 0.6) is 0 Å². The predicted octanol–water partition coefficient (Wildman–Crippen LogP) is 2.93.